The van der Waals surface area contributed by atoms with Crippen LogP contribution in [0.3, 0.4) is 0 Å². The minimum Gasteiger partial charge on any atom is -0.258 e. The van der Waals surface area contributed by atoms with Crippen molar-refractivity contribution in [2.45, 2.75) is 4.90 Å². The Bertz CT molecular complexity index is 814. The lowest BCUT2D eigenvalue weighted by molar-refractivity contribution is -0.384. The second-order valence-electron chi connectivity index (χ2n) is 4.45. The van der Waals surface area contributed by atoms with E-state index in [2.05, 4.69) is 12.6 Å². The minimum absolute atomic E-state index is 0.115. The van der Waals surface area contributed by atoms with Gasteiger partial charge in [0.05, 0.1) is 10.5 Å². The molecule has 4 heteroatoms. The van der Waals surface area contributed by atoms with Gasteiger partial charge in [0.15, 0.2) is 0 Å². The van der Waals surface area contributed by atoms with Crippen LogP contribution in [0.5, 0.6) is 0 Å². The summed E-state index contributed by atoms with van der Waals surface area (Å²) in [4.78, 5) is 11.7. The second-order valence-corrected chi connectivity index (χ2v) is 4.93. The summed E-state index contributed by atoms with van der Waals surface area (Å²) in [7, 11) is 0. The Kier molecular flexibility index (Phi) is 3.16. The minimum atomic E-state index is -0.348. The van der Waals surface area contributed by atoms with E-state index in [4.69, 9.17) is 0 Å². The van der Waals surface area contributed by atoms with Gasteiger partial charge in [0, 0.05) is 11.0 Å². The van der Waals surface area contributed by atoms with Gasteiger partial charge >= 0.3 is 0 Å². The molecule has 0 atom stereocenters. The van der Waals surface area contributed by atoms with Gasteiger partial charge in [-0.15, -0.1) is 12.6 Å². The van der Waals surface area contributed by atoms with Crippen LogP contribution in [0.25, 0.3) is 21.9 Å². The number of rotatable bonds is 2. The predicted molar refractivity (Wildman–Crippen MR) is 83.3 cm³/mol. The van der Waals surface area contributed by atoms with Crippen LogP contribution >= 0.6 is 12.6 Å². The van der Waals surface area contributed by atoms with E-state index in [9.17, 15) is 10.1 Å². The van der Waals surface area contributed by atoms with Gasteiger partial charge in [-0.2, -0.15) is 0 Å². The SMILES string of the molecule is O=[N+]([O-])c1ccccc1-c1ccc(S)c2ccccc12. The molecule has 0 N–H and O–H groups in total. The third-order valence-electron chi connectivity index (χ3n) is 3.29. The van der Waals surface area contributed by atoms with E-state index in [-0.39, 0.29) is 10.6 Å². The van der Waals surface area contributed by atoms with E-state index in [0.717, 1.165) is 21.2 Å². The fourth-order valence-corrected chi connectivity index (χ4v) is 2.65. The number of hydrogen-bond acceptors (Lipinski definition) is 3. The van der Waals surface area contributed by atoms with Crippen molar-refractivity contribution in [2.24, 2.45) is 0 Å². The molecule has 3 aromatic carbocycles. The summed E-state index contributed by atoms with van der Waals surface area (Å²) >= 11 is 4.44. The van der Waals surface area contributed by atoms with Crippen LogP contribution in [0.15, 0.2) is 65.6 Å². The molecule has 20 heavy (non-hydrogen) atoms. The molecule has 0 amide bonds. The highest BCUT2D eigenvalue weighted by atomic mass is 32.1. The normalized spacial score (nSPS) is 10.7. The third-order valence-corrected chi connectivity index (χ3v) is 3.68. The van der Waals surface area contributed by atoms with E-state index in [1.54, 1.807) is 12.1 Å². The van der Waals surface area contributed by atoms with E-state index in [1.807, 2.05) is 42.5 Å². The highest BCUT2D eigenvalue weighted by Crippen LogP contribution is 2.36. The molecule has 3 nitrogen and oxygen atoms in total. The van der Waals surface area contributed by atoms with Crippen LogP contribution < -0.4 is 0 Å². The van der Waals surface area contributed by atoms with Crippen molar-refractivity contribution in [2.75, 3.05) is 0 Å². The van der Waals surface area contributed by atoms with Gasteiger partial charge in [0.2, 0.25) is 0 Å². The molecule has 0 aliphatic rings. The molecule has 0 saturated heterocycles. The molecule has 0 spiro atoms. The topological polar surface area (TPSA) is 43.1 Å². The summed E-state index contributed by atoms with van der Waals surface area (Å²) in [5.74, 6) is 0. The number of hydrogen-bond donors (Lipinski definition) is 1. The molecule has 3 rings (SSSR count). The van der Waals surface area contributed by atoms with E-state index >= 15 is 0 Å². The molecule has 3 aromatic rings. The molecule has 0 bridgehead atoms. The van der Waals surface area contributed by atoms with Crippen molar-refractivity contribution in [3.63, 3.8) is 0 Å². The average Bonchev–Trinajstić information content (AvgIpc) is 2.48. The maximum atomic E-state index is 11.2. The van der Waals surface area contributed by atoms with E-state index in [1.165, 1.54) is 6.07 Å². The summed E-state index contributed by atoms with van der Waals surface area (Å²) in [6, 6.07) is 18.3. The molecule has 0 heterocycles. The van der Waals surface area contributed by atoms with Crippen molar-refractivity contribution < 1.29 is 4.92 Å². The highest BCUT2D eigenvalue weighted by Gasteiger charge is 2.16. The summed E-state index contributed by atoms with van der Waals surface area (Å²) in [5, 5.41) is 13.1. The van der Waals surface area contributed by atoms with Crippen LogP contribution in [0.1, 0.15) is 0 Å². The first-order valence-electron chi connectivity index (χ1n) is 6.13. The van der Waals surface area contributed by atoms with Gasteiger partial charge < -0.3 is 0 Å². The number of benzene rings is 3. The van der Waals surface area contributed by atoms with Gasteiger partial charge in [-0.25, -0.2) is 0 Å². The van der Waals surface area contributed by atoms with Crippen molar-refractivity contribution in [1.29, 1.82) is 0 Å². The molecular weight excluding hydrogens is 270 g/mol. The van der Waals surface area contributed by atoms with Crippen LogP contribution in [-0.4, -0.2) is 4.92 Å². The molecule has 98 valence electrons. The summed E-state index contributed by atoms with van der Waals surface area (Å²) in [5.41, 5.74) is 1.59. The van der Waals surface area contributed by atoms with Gasteiger partial charge in [-0.1, -0.05) is 42.5 Å². The first kappa shape index (κ1) is 12.7. The fraction of sp³-hybridized carbons (Fsp3) is 0. The molecule has 0 saturated carbocycles. The molecule has 0 unspecified atom stereocenters. The zero-order chi connectivity index (χ0) is 14.1. The maximum Gasteiger partial charge on any atom is 0.277 e. The number of para-hydroxylation sites is 1. The van der Waals surface area contributed by atoms with Crippen LogP contribution in [0, 0.1) is 10.1 Å². The molecule has 0 fully saturated rings. The quantitative estimate of drug-likeness (QED) is 0.420. The lowest BCUT2D eigenvalue weighted by Gasteiger charge is -2.09. The number of fused-ring (bicyclic) bond motifs is 1. The van der Waals surface area contributed by atoms with Crippen molar-refractivity contribution in [1.82, 2.24) is 0 Å². The number of nitrogens with zero attached hydrogens (tertiary/aromatic N) is 1. The lowest BCUT2D eigenvalue weighted by Crippen LogP contribution is -1.92. The van der Waals surface area contributed by atoms with Crippen molar-refractivity contribution in [3.05, 3.63) is 70.8 Å². The van der Waals surface area contributed by atoms with Crippen LogP contribution in [0.2, 0.25) is 0 Å². The smallest absolute Gasteiger partial charge is 0.258 e. The largest absolute Gasteiger partial charge is 0.277 e. The Morgan fingerprint density at radius 3 is 2.20 bits per heavy atom. The first-order valence-corrected chi connectivity index (χ1v) is 6.57. The maximum absolute atomic E-state index is 11.2. The zero-order valence-electron chi connectivity index (χ0n) is 10.5. The standard InChI is InChI=1S/C16H11NO2S/c18-17(19)15-8-4-3-6-13(15)12-9-10-16(20)14-7-2-1-5-11(12)14/h1-10,20H. The molecule has 0 aliphatic carbocycles. The highest BCUT2D eigenvalue weighted by molar-refractivity contribution is 7.80. The Morgan fingerprint density at radius 1 is 0.800 bits per heavy atom. The predicted octanol–water partition coefficient (Wildman–Crippen LogP) is 4.70. The Labute approximate surface area is 121 Å². The Hall–Kier alpha value is -2.33. The van der Waals surface area contributed by atoms with E-state index in [0.29, 0.717) is 5.56 Å². The Balaban J connectivity index is 2.37. The van der Waals surface area contributed by atoms with Crippen molar-refractivity contribution >= 4 is 29.1 Å². The third kappa shape index (κ3) is 2.04. The molecular formula is C16H11NO2S. The van der Waals surface area contributed by atoms with Gasteiger partial charge in [-0.05, 0) is 28.5 Å². The summed E-state index contributed by atoms with van der Waals surface area (Å²) < 4.78 is 0. The average molecular weight is 281 g/mol. The second kappa shape index (κ2) is 4.98. The molecule has 0 aliphatic heterocycles. The van der Waals surface area contributed by atoms with Crippen molar-refractivity contribution in [3.8, 4) is 11.1 Å². The summed E-state index contributed by atoms with van der Waals surface area (Å²) in [6.07, 6.45) is 0. The number of nitro benzene ring substituents is 1. The number of nitro groups is 1. The number of thiol groups is 1. The fourth-order valence-electron chi connectivity index (χ4n) is 2.38. The zero-order valence-corrected chi connectivity index (χ0v) is 11.4. The van der Waals surface area contributed by atoms with Gasteiger partial charge in [0.25, 0.3) is 5.69 Å². The first-order chi connectivity index (χ1) is 9.68. The lowest BCUT2D eigenvalue weighted by atomic mass is 9.97. The van der Waals surface area contributed by atoms with Crippen LogP contribution in [0.4, 0.5) is 5.69 Å². The Morgan fingerprint density at radius 2 is 1.45 bits per heavy atom. The van der Waals surface area contributed by atoms with E-state index < -0.39 is 0 Å². The van der Waals surface area contributed by atoms with Crippen LogP contribution in [-0.2, 0) is 0 Å². The molecule has 0 aromatic heterocycles. The molecule has 0 radical (unpaired) electrons. The van der Waals surface area contributed by atoms with Gasteiger partial charge in [0.1, 0.15) is 0 Å². The summed E-state index contributed by atoms with van der Waals surface area (Å²) in [6.45, 7) is 0. The van der Waals surface area contributed by atoms with Gasteiger partial charge in [-0.3, -0.25) is 10.1 Å². The monoisotopic (exact) mass is 281 g/mol.